The molecule has 22 heavy (non-hydrogen) atoms. The second kappa shape index (κ2) is 13.4. The molecular weight excluding hydrogens is 316 g/mol. The zero-order chi connectivity index (χ0) is 16.8. The van der Waals surface area contributed by atoms with E-state index in [1.807, 2.05) is 0 Å². The number of unbranched alkanes of at least 4 members (excludes halogenated alkanes) is 9. The highest BCUT2D eigenvalue weighted by Crippen LogP contribution is 2.26. The Morgan fingerprint density at radius 3 is 1.82 bits per heavy atom. The van der Waals surface area contributed by atoms with Crippen molar-refractivity contribution in [1.82, 2.24) is 0 Å². The van der Waals surface area contributed by atoms with Gasteiger partial charge in [-0.05, 0) is 26.0 Å². The fourth-order valence-corrected chi connectivity index (χ4v) is 4.41. The van der Waals surface area contributed by atoms with E-state index >= 15 is 0 Å². The van der Waals surface area contributed by atoms with Crippen LogP contribution in [-0.2, 0) is 4.79 Å². The van der Waals surface area contributed by atoms with Crippen molar-refractivity contribution >= 4 is 33.5 Å². The summed E-state index contributed by atoms with van der Waals surface area (Å²) in [5, 5.41) is 18.8. The van der Waals surface area contributed by atoms with E-state index in [-0.39, 0.29) is 4.38 Å². The number of aliphatic hydroxyl groups is 1. The molecule has 0 saturated carbocycles. The Bertz CT molecular complexity index is 328. The van der Waals surface area contributed by atoms with Crippen LogP contribution in [0.5, 0.6) is 0 Å². The Labute approximate surface area is 144 Å². The van der Waals surface area contributed by atoms with Crippen molar-refractivity contribution in [3.8, 4) is 0 Å². The van der Waals surface area contributed by atoms with Gasteiger partial charge in [0.15, 0.2) is 0 Å². The lowest BCUT2D eigenvalue weighted by Gasteiger charge is -2.17. The molecular formula is C17H34O3S2. The molecule has 0 atom stereocenters. The predicted octanol–water partition coefficient (Wildman–Crippen LogP) is 5.61. The third-order valence-electron chi connectivity index (χ3n) is 3.62. The van der Waals surface area contributed by atoms with Gasteiger partial charge >= 0.3 is 5.97 Å². The molecule has 0 rings (SSSR count). The van der Waals surface area contributed by atoms with Gasteiger partial charge < -0.3 is 10.2 Å². The summed E-state index contributed by atoms with van der Waals surface area (Å²) in [5.74, 6) is 0.0311. The van der Waals surface area contributed by atoms with E-state index < -0.39 is 10.7 Å². The van der Waals surface area contributed by atoms with Crippen molar-refractivity contribution < 1.29 is 15.0 Å². The van der Waals surface area contributed by atoms with E-state index in [9.17, 15) is 9.90 Å². The highest BCUT2D eigenvalue weighted by Gasteiger charge is 2.29. The maximum Gasteiger partial charge on any atom is 0.319 e. The fraction of sp³-hybridized carbons (Fsp3) is 0.882. The Balaban J connectivity index is 3.52. The average Bonchev–Trinajstić information content (AvgIpc) is 2.44. The summed E-state index contributed by atoms with van der Waals surface area (Å²) in [6.45, 7) is 5.48. The molecule has 0 aromatic heterocycles. The first-order valence-corrected chi connectivity index (χ1v) is 10.5. The van der Waals surface area contributed by atoms with E-state index in [0.29, 0.717) is 0 Å². The zero-order valence-electron chi connectivity index (χ0n) is 14.4. The Hall–Kier alpha value is -0.000000000000000111. The van der Waals surface area contributed by atoms with Crippen molar-refractivity contribution in [1.29, 1.82) is 0 Å². The molecule has 0 bridgehead atoms. The maximum absolute atomic E-state index is 11.0. The summed E-state index contributed by atoms with van der Waals surface area (Å²) < 4.78 is -0.724. The van der Waals surface area contributed by atoms with Gasteiger partial charge in [0, 0.05) is 0 Å². The van der Waals surface area contributed by atoms with Gasteiger partial charge in [-0.25, -0.2) is 0 Å². The van der Waals surface area contributed by atoms with Crippen LogP contribution in [0.3, 0.4) is 0 Å². The number of hydrogen-bond donors (Lipinski definition) is 3. The monoisotopic (exact) mass is 350 g/mol. The average molecular weight is 351 g/mol. The minimum atomic E-state index is -0.950. The Kier molecular flexibility index (Phi) is 13.4. The van der Waals surface area contributed by atoms with E-state index in [1.54, 1.807) is 13.8 Å². The highest BCUT2D eigenvalue weighted by atomic mass is 32.2. The van der Waals surface area contributed by atoms with Crippen LogP contribution in [0.15, 0.2) is 0 Å². The highest BCUT2D eigenvalue weighted by molar-refractivity contribution is 8.27. The normalized spacial score (nSPS) is 13.0. The quantitative estimate of drug-likeness (QED) is 0.229. The van der Waals surface area contributed by atoms with Gasteiger partial charge in [0.1, 0.15) is 9.13 Å². The van der Waals surface area contributed by atoms with E-state index in [0.717, 1.165) is 35.3 Å². The standard InChI is InChI=1S/C17H34O3S2/c1-4-5-6-7-8-9-10-11-12-13-14-21-16(20)22-17(2,3)15(18)19/h20-21H,4-14H2,1-3H3,(H,18,19). The number of thioether (sulfide) groups is 1. The third kappa shape index (κ3) is 12.5. The first-order chi connectivity index (χ1) is 10.4. The molecule has 2 N–H and O–H groups in total. The van der Waals surface area contributed by atoms with Crippen LogP contribution in [0, 0.1) is 0 Å². The Morgan fingerprint density at radius 1 is 0.909 bits per heavy atom. The first kappa shape index (κ1) is 22.0. The van der Waals surface area contributed by atoms with Gasteiger partial charge in [-0.1, -0.05) is 76.5 Å². The minimum absolute atomic E-state index is 0.225. The summed E-state index contributed by atoms with van der Waals surface area (Å²) in [6.07, 6.45) is 13.1. The van der Waals surface area contributed by atoms with Crippen molar-refractivity contribution in [2.75, 3.05) is 5.75 Å². The van der Waals surface area contributed by atoms with Crippen molar-refractivity contribution in [2.45, 2.75) is 89.7 Å². The molecule has 132 valence electrons. The Morgan fingerprint density at radius 2 is 1.36 bits per heavy atom. The van der Waals surface area contributed by atoms with E-state index in [2.05, 4.69) is 6.92 Å². The molecule has 5 heteroatoms. The van der Waals surface area contributed by atoms with Gasteiger partial charge in [-0.2, -0.15) is 11.4 Å². The van der Waals surface area contributed by atoms with Gasteiger partial charge in [-0.15, -0.1) is 0 Å². The van der Waals surface area contributed by atoms with Crippen LogP contribution in [0.1, 0.15) is 85.0 Å². The molecule has 0 heterocycles. The van der Waals surface area contributed by atoms with E-state index in [1.165, 1.54) is 57.8 Å². The number of carboxylic acid groups (broad SMARTS) is 1. The second-order valence-corrected chi connectivity index (χ2v) is 9.36. The molecule has 0 aromatic carbocycles. The van der Waals surface area contributed by atoms with Crippen molar-refractivity contribution in [3.05, 3.63) is 0 Å². The molecule has 3 nitrogen and oxygen atoms in total. The predicted molar refractivity (Wildman–Crippen MR) is 103 cm³/mol. The van der Waals surface area contributed by atoms with Crippen LogP contribution in [0.4, 0.5) is 0 Å². The third-order valence-corrected chi connectivity index (χ3v) is 5.96. The molecule has 0 radical (unpaired) electrons. The number of aliphatic carboxylic acids is 1. The topological polar surface area (TPSA) is 57.5 Å². The van der Waals surface area contributed by atoms with Crippen LogP contribution in [-0.4, -0.2) is 31.1 Å². The summed E-state index contributed by atoms with van der Waals surface area (Å²) >= 11 is 1.91. The van der Waals surface area contributed by atoms with Crippen LogP contribution in [0.2, 0.25) is 0 Å². The molecule has 0 aliphatic heterocycles. The number of hydrogen-bond acceptors (Lipinski definition) is 2. The number of aliphatic hydroxyl groups excluding tert-OH is 1. The lowest BCUT2D eigenvalue weighted by molar-refractivity contribution is -0.138. The minimum Gasteiger partial charge on any atom is -0.480 e. The lowest BCUT2D eigenvalue weighted by Crippen LogP contribution is -2.28. The molecule has 0 aliphatic carbocycles. The van der Waals surface area contributed by atoms with Crippen LogP contribution < -0.4 is 0 Å². The summed E-state index contributed by atoms with van der Waals surface area (Å²) in [7, 11) is 0. The fourth-order valence-electron chi connectivity index (χ4n) is 2.08. The smallest absolute Gasteiger partial charge is 0.319 e. The molecule has 0 spiro atoms. The number of carbonyl (C=O) groups is 1. The molecule has 0 amide bonds. The van der Waals surface area contributed by atoms with E-state index in [4.69, 9.17) is 5.11 Å². The van der Waals surface area contributed by atoms with Gasteiger partial charge in [0.2, 0.25) is 0 Å². The van der Waals surface area contributed by atoms with Gasteiger partial charge in [0.05, 0.1) is 0 Å². The first-order valence-electron chi connectivity index (χ1n) is 8.56. The SMILES string of the molecule is CCCCCCCCCCCC[SH]=C(O)SC(C)(C)C(=O)O. The summed E-state index contributed by atoms with van der Waals surface area (Å²) in [6, 6.07) is 0. The molecule has 0 saturated heterocycles. The summed E-state index contributed by atoms with van der Waals surface area (Å²) in [5.41, 5.74) is 0. The number of rotatable bonds is 13. The summed E-state index contributed by atoms with van der Waals surface area (Å²) in [4.78, 5) is 11.0. The number of thiol groups is 1. The molecule has 0 fully saturated rings. The zero-order valence-corrected chi connectivity index (χ0v) is 16.1. The van der Waals surface area contributed by atoms with Gasteiger partial charge in [0.25, 0.3) is 0 Å². The molecule has 0 aromatic rings. The largest absolute Gasteiger partial charge is 0.480 e. The van der Waals surface area contributed by atoms with Crippen molar-refractivity contribution in [2.24, 2.45) is 0 Å². The van der Waals surface area contributed by atoms with Gasteiger partial charge in [-0.3, -0.25) is 4.79 Å². The lowest BCUT2D eigenvalue weighted by atomic mass is 10.1. The van der Waals surface area contributed by atoms with Crippen LogP contribution in [0.25, 0.3) is 0 Å². The molecule has 0 unspecified atom stereocenters. The maximum atomic E-state index is 11.0. The molecule has 0 aliphatic rings. The number of carboxylic acids is 1. The van der Waals surface area contributed by atoms with Crippen LogP contribution >= 0.6 is 23.1 Å². The second-order valence-electron chi connectivity index (χ2n) is 6.26. The van der Waals surface area contributed by atoms with Crippen molar-refractivity contribution in [3.63, 3.8) is 0 Å².